The van der Waals surface area contributed by atoms with E-state index in [4.69, 9.17) is 4.42 Å². The van der Waals surface area contributed by atoms with Gasteiger partial charge in [-0.2, -0.15) is 5.10 Å². The van der Waals surface area contributed by atoms with E-state index < -0.39 is 0 Å². The normalized spacial score (nSPS) is 10.7. The van der Waals surface area contributed by atoms with E-state index in [1.165, 1.54) is 0 Å². The highest BCUT2D eigenvalue weighted by Crippen LogP contribution is 2.06. The largest absolute Gasteiger partial charge is 0.465 e. The highest BCUT2D eigenvalue weighted by molar-refractivity contribution is 5.75. The van der Waals surface area contributed by atoms with Crippen LogP contribution in [0.5, 0.6) is 0 Å². The predicted octanol–water partition coefficient (Wildman–Crippen LogP) is 2.11. The molecular formula is C14H19N3O2. The molecule has 5 nitrogen and oxygen atoms in total. The molecule has 0 spiro atoms. The van der Waals surface area contributed by atoms with Crippen LogP contribution in [0.25, 0.3) is 0 Å². The van der Waals surface area contributed by atoms with Crippen molar-refractivity contribution in [3.63, 3.8) is 0 Å². The van der Waals surface area contributed by atoms with Crippen molar-refractivity contribution in [3.05, 3.63) is 41.1 Å². The van der Waals surface area contributed by atoms with Crippen LogP contribution in [0.3, 0.4) is 0 Å². The number of hydrogen-bond acceptors (Lipinski definition) is 3. The third kappa shape index (κ3) is 3.71. The molecule has 0 atom stereocenters. The number of hydrogen-bond donors (Lipinski definition) is 1. The molecule has 0 saturated heterocycles. The Kier molecular flexibility index (Phi) is 4.04. The number of aryl methyl sites for hydroxylation is 4. The lowest BCUT2D eigenvalue weighted by Gasteiger charge is -2.05. The van der Waals surface area contributed by atoms with Crippen LogP contribution >= 0.6 is 0 Å². The summed E-state index contributed by atoms with van der Waals surface area (Å²) in [5, 5.41) is 7.16. The summed E-state index contributed by atoms with van der Waals surface area (Å²) in [6, 6.07) is 5.76. The minimum absolute atomic E-state index is 0.00149. The first-order valence-electron chi connectivity index (χ1n) is 6.37. The highest BCUT2D eigenvalue weighted by atomic mass is 16.3. The van der Waals surface area contributed by atoms with Gasteiger partial charge in [-0.3, -0.25) is 9.48 Å². The van der Waals surface area contributed by atoms with Crippen LogP contribution in [0.1, 0.15) is 29.3 Å². The Morgan fingerprint density at radius 2 is 2.16 bits per heavy atom. The molecule has 19 heavy (non-hydrogen) atoms. The zero-order valence-electron chi connectivity index (χ0n) is 11.6. The zero-order valence-corrected chi connectivity index (χ0v) is 11.6. The summed E-state index contributed by atoms with van der Waals surface area (Å²) in [5.74, 6) is 1.63. The molecule has 0 bridgehead atoms. The highest BCUT2D eigenvalue weighted by Gasteiger charge is 2.06. The molecule has 2 heterocycles. The van der Waals surface area contributed by atoms with Crippen LogP contribution < -0.4 is 5.32 Å². The fourth-order valence-corrected chi connectivity index (χ4v) is 1.96. The number of amides is 1. The Morgan fingerprint density at radius 1 is 1.37 bits per heavy atom. The minimum atomic E-state index is 0.00149. The molecule has 5 heteroatoms. The second-order valence-corrected chi connectivity index (χ2v) is 4.69. The summed E-state index contributed by atoms with van der Waals surface area (Å²) < 4.78 is 7.24. The third-order valence-corrected chi connectivity index (χ3v) is 2.91. The lowest BCUT2D eigenvalue weighted by Crippen LogP contribution is -2.24. The zero-order chi connectivity index (χ0) is 13.8. The van der Waals surface area contributed by atoms with E-state index in [2.05, 4.69) is 10.4 Å². The van der Waals surface area contributed by atoms with E-state index in [0.29, 0.717) is 19.5 Å². The Bertz CT molecular complexity index is 569. The first kappa shape index (κ1) is 13.4. The number of furan rings is 1. The van der Waals surface area contributed by atoms with Gasteiger partial charge in [0, 0.05) is 18.7 Å². The molecule has 2 aromatic rings. The summed E-state index contributed by atoms with van der Waals surface area (Å²) in [6.45, 7) is 6.85. The fraction of sp³-hybridized carbons (Fsp3) is 0.429. The summed E-state index contributed by atoms with van der Waals surface area (Å²) >= 11 is 0. The molecule has 0 aromatic carbocycles. The monoisotopic (exact) mass is 261 g/mol. The van der Waals surface area contributed by atoms with Crippen LogP contribution in [0.15, 0.2) is 22.6 Å². The topological polar surface area (TPSA) is 60.1 Å². The first-order valence-corrected chi connectivity index (χ1v) is 6.37. The second kappa shape index (κ2) is 5.73. The number of rotatable bonds is 5. The lowest BCUT2D eigenvalue weighted by atomic mass is 10.3. The second-order valence-electron chi connectivity index (χ2n) is 4.69. The van der Waals surface area contributed by atoms with Gasteiger partial charge in [-0.15, -0.1) is 0 Å². The van der Waals surface area contributed by atoms with Crippen LogP contribution in [0, 0.1) is 20.8 Å². The maximum Gasteiger partial charge on any atom is 0.222 e. The van der Waals surface area contributed by atoms with E-state index in [0.717, 1.165) is 22.9 Å². The van der Waals surface area contributed by atoms with E-state index in [9.17, 15) is 4.79 Å². The molecule has 2 aromatic heterocycles. The molecule has 0 unspecified atom stereocenters. The number of nitrogens with zero attached hydrogens (tertiary/aromatic N) is 2. The molecule has 0 saturated carbocycles. The standard InChI is InChI=1S/C14H19N3O2/c1-10-8-11(2)17(16-10)7-6-14(18)15-9-13-5-4-12(3)19-13/h4-5,8H,6-7,9H2,1-3H3,(H,15,18). The summed E-state index contributed by atoms with van der Waals surface area (Å²) in [7, 11) is 0. The van der Waals surface area contributed by atoms with Crippen LogP contribution in [0.4, 0.5) is 0 Å². The van der Waals surface area contributed by atoms with Crippen LogP contribution in [0.2, 0.25) is 0 Å². The van der Waals surface area contributed by atoms with Gasteiger partial charge in [0.05, 0.1) is 12.2 Å². The van der Waals surface area contributed by atoms with Crippen molar-refractivity contribution in [2.45, 2.75) is 40.3 Å². The number of nitrogens with one attached hydrogen (secondary N) is 1. The molecule has 0 radical (unpaired) electrons. The smallest absolute Gasteiger partial charge is 0.222 e. The Labute approximate surface area is 112 Å². The third-order valence-electron chi connectivity index (χ3n) is 2.91. The van der Waals surface area contributed by atoms with Gasteiger partial charge in [0.1, 0.15) is 11.5 Å². The van der Waals surface area contributed by atoms with Crippen molar-refractivity contribution in [3.8, 4) is 0 Å². The number of aromatic nitrogens is 2. The van der Waals surface area contributed by atoms with E-state index >= 15 is 0 Å². The van der Waals surface area contributed by atoms with E-state index in [-0.39, 0.29) is 5.91 Å². The van der Waals surface area contributed by atoms with E-state index in [1.807, 2.05) is 43.7 Å². The van der Waals surface area contributed by atoms with Gasteiger partial charge in [0.25, 0.3) is 0 Å². The van der Waals surface area contributed by atoms with Crippen molar-refractivity contribution in [2.24, 2.45) is 0 Å². The van der Waals surface area contributed by atoms with Gasteiger partial charge in [-0.05, 0) is 39.0 Å². The fourth-order valence-electron chi connectivity index (χ4n) is 1.96. The van der Waals surface area contributed by atoms with Crippen molar-refractivity contribution in [1.82, 2.24) is 15.1 Å². The van der Waals surface area contributed by atoms with Gasteiger partial charge >= 0.3 is 0 Å². The van der Waals surface area contributed by atoms with Crippen molar-refractivity contribution in [1.29, 1.82) is 0 Å². The average Bonchev–Trinajstić information content (AvgIpc) is 2.90. The average molecular weight is 261 g/mol. The van der Waals surface area contributed by atoms with Gasteiger partial charge < -0.3 is 9.73 Å². The van der Waals surface area contributed by atoms with Gasteiger partial charge in [-0.1, -0.05) is 0 Å². The minimum Gasteiger partial charge on any atom is -0.465 e. The molecular weight excluding hydrogens is 242 g/mol. The van der Waals surface area contributed by atoms with Crippen molar-refractivity contribution in [2.75, 3.05) is 0 Å². The molecule has 1 amide bonds. The quantitative estimate of drug-likeness (QED) is 0.896. The molecule has 0 aliphatic carbocycles. The van der Waals surface area contributed by atoms with Crippen molar-refractivity contribution < 1.29 is 9.21 Å². The van der Waals surface area contributed by atoms with Crippen molar-refractivity contribution >= 4 is 5.91 Å². The maximum atomic E-state index is 11.7. The van der Waals surface area contributed by atoms with Crippen LogP contribution in [-0.4, -0.2) is 15.7 Å². The summed E-state index contributed by atoms with van der Waals surface area (Å²) in [6.07, 6.45) is 0.418. The SMILES string of the molecule is Cc1cc(C)n(CCC(=O)NCc2ccc(C)o2)n1. The summed E-state index contributed by atoms with van der Waals surface area (Å²) in [5.41, 5.74) is 2.05. The Hall–Kier alpha value is -2.04. The summed E-state index contributed by atoms with van der Waals surface area (Å²) in [4.78, 5) is 11.7. The Balaban J connectivity index is 1.77. The predicted molar refractivity (Wildman–Crippen MR) is 71.6 cm³/mol. The molecule has 2 rings (SSSR count). The molecule has 0 aliphatic rings. The van der Waals surface area contributed by atoms with Gasteiger partial charge in [0.2, 0.25) is 5.91 Å². The number of carbonyl (C=O) groups is 1. The van der Waals surface area contributed by atoms with Gasteiger partial charge in [-0.25, -0.2) is 0 Å². The molecule has 0 fully saturated rings. The van der Waals surface area contributed by atoms with E-state index in [1.54, 1.807) is 0 Å². The molecule has 102 valence electrons. The van der Waals surface area contributed by atoms with Crippen LogP contribution in [-0.2, 0) is 17.9 Å². The molecule has 0 aliphatic heterocycles. The first-order chi connectivity index (χ1) is 9.04. The maximum absolute atomic E-state index is 11.7. The Morgan fingerprint density at radius 3 is 2.74 bits per heavy atom. The number of carbonyl (C=O) groups excluding carboxylic acids is 1. The van der Waals surface area contributed by atoms with Gasteiger partial charge in [0.15, 0.2) is 0 Å². The molecule has 1 N–H and O–H groups in total. The lowest BCUT2D eigenvalue weighted by molar-refractivity contribution is -0.121.